The summed E-state index contributed by atoms with van der Waals surface area (Å²) in [6.07, 6.45) is 8.92. The van der Waals surface area contributed by atoms with Crippen LogP contribution in [-0.2, 0) is 36.0 Å². The Morgan fingerprint density at radius 1 is 0.953 bits per heavy atom. The van der Waals surface area contributed by atoms with Gasteiger partial charge in [-0.05, 0) is 91.6 Å². The highest BCUT2D eigenvalue weighted by Gasteiger charge is 2.32. The fourth-order valence-electron chi connectivity index (χ4n) is 6.47. The van der Waals surface area contributed by atoms with Crippen LogP contribution >= 0.6 is 11.5 Å². The van der Waals surface area contributed by atoms with E-state index in [1.165, 1.54) is 28.2 Å². The van der Waals surface area contributed by atoms with Gasteiger partial charge in [0.2, 0.25) is 5.13 Å². The van der Waals surface area contributed by atoms with Crippen LogP contribution in [0.4, 0.5) is 5.13 Å². The predicted molar refractivity (Wildman–Crippen MR) is 169 cm³/mol. The molecule has 2 heterocycles. The predicted octanol–water partition coefficient (Wildman–Crippen LogP) is 6.56. The molecule has 226 valence electrons. The molecule has 0 N–H and O–H groups in total. The van der Waals surface area contributed by atoms with Crippen molar-refractivity contribution in [3.63, 3.8) is 0 Å². The number of aromatic nitrogens is 2. The number of rotatable bonds is 10. The summed E-state index contributed by atoms with van der Waals surface area (Å²) < 4.78 is 45.6. The number of anilines is 1. The Labute approximate surface area is 258 Å². The van der Waals surface area contributed by atoms with E-state index in [4.69, 9.17) is 9.47 Å². The van der Waals surface area contributed by atoms with Crippen LogP contribution in [0.15, 0.2) is 71.9 Å². The third-order valence-corrected chi connectivity index (χ3v) is 11.2. The number of piperidine rings is 1. The molecule has 0 unspecified atom stereocenters. The summed E-state index contributed by atoms with van der Waals surface area (Å²) in [6, 6.07) is 20.3. The van der Waals surface area contributed by atoms with E-state index >= 15 is 0 Å². The van der Waals surface area contributed by atoms with Gasteiger partial charge in [0.05, 0.1) is 25.7 Å². The highest BCUT2D eigenvalue weighted by atomic mass is 32.2. The SMILES string of the molecule is COc1ccc(CN(c2ncns2)S(=O)(=O)c2cc3c(c(CN4CCCC[C@@H]4c4ccccc4)c2)CCCC3)c(OC)c1. The molecule has 2 aliphatic rings. The van der Waals surface area contributed by atoms with E-state index in [2.05, 4.69) is 44.6 Å². The summed E-state index contributed by atoms with van der Waals surface area (Å²) in [7, 11) is -0.830. The molecule has 0 bridgehead atoms. The van der Waals surface area contributed by atoms with Crippen LogP contribution in [0.3, 0.4) is 0 Å². The lowest BCUT2D eigenvalue weighted by molar-refractivity contribution is 0.140. The van der Waals surface area contributed by atoms with Crippen molar-refractivity contribution in [3.8, 4) is 11.5 Å². The minimum atomic E-state index is -3.99. The second-order valence-corrected chi connectivity index (χ2v) is 13.9. The number of nitrogens with zero attached hydrogens (tertiary/aromatic N) is 4. The molecule has 1 fully saturated rings. The molecule has 0 radical (unpaired) electrons. The van der Waals surface area contributed by atoms with Gasteiger partial charge in [-0.15, -0.1) is 0 Å². The van der Waals surface area contributed by atoms with Gasteiger partial charge in [-0.2, -0.15) is 4.37 Å². The van der Waals surface area contributed by atoms with Crippen LogP contribution in [0.2, 0.25) is 0 Å². The molecule has 3 aromatic carbocycles. The summed E-state index contributed by atoms with van der Waals surface area (Å²) >= 11 is 1.06. The van der Waals surface area contributed by atoms with E-state index < -0.39 is 10.0 Å². The van der Waals surface area contributed by atoms with Gasteiger partial charge in [-0.25, -0.2) is 17.7 Å². The highest BCUT2D eigenvalue weighted by Crippen LogP contribution is 2.37. The van der Waals surface area contributed by atoms with Gasteiger partial charge in [0.1, 0.15) is 17.8 Å². The Morgan fingerprint density at radius 3 is 2.56 bits per heavy atom. The molecule has 1 aromatic heterocycles. The monoisotopic (exact) mass is 618 g/mol. The van der Waals surface area contributed by atoms with E-state index in [1.54, 1.807) is 20.3 Å². The van der Waals surface area contributed by atoms with E-state index in [1.807, 2.05) is 24.3 Å². The van der Waals surface area contributed by atoms with Crippen molar-refractivity contribution in [1.82, 2.24) is 14.3 Å². The molecule has 10 heteroatoms. The lowest BCUT2D eigenvalue weighted by atomic mass is 9.87. The van der Waals surface area contributed by atoms with Crippen molar-refractivity contribution >= 4 is 26.7 Å². The fraction of sp³-hybridized carbons (Fsp3) is 0.394. The number of likely N-dealkylation sites (tertiary alicyclic amines) is 1. The first-order valence-electron chi connectivity index (χ1n) is 14.9. The zero-order valence-electron chi connectivity index (χ0n) is 24.7. The average molecular weight is 619 g/mol. The topological polar surface area (TPSA) is 84.9 Å². The number of fused-ring (bicyclic) bond motifs is 1. The molecule has 8 nitrogen and oxygen atoms in total. The number of hydrogen-bond acceptors (Lipinski definition) is 8. The van der Waals surface area contributed by atoms with Crippen molar-refractivity contribution < 1.29 is 17.9 Å². The number of benzene rings is 3. The third kappa shape index (κ3) is 6.27. The summed E-state index contributed by atoms with van der Waals surface area (Å²) in [5, 5.41) is 0.317. The van der Waals surface area contributed by atoms with Crippen LogP contribution in [-0.4, -0.2) is 43.4 Å². The van der Waals surface area contributed by atoms with E-state index in [0.717, 1.165) is 74.3 Å². The average Bonchev–Trinajstić information content (AvgIpc) is 3.59. The summed E-state index contributed by atoms with van der Waals surface area (Å²) in [5.41, 5.74) is 5.63. The number of methoxy groups -OCH3 is 2. The minimum absolute atomic E-state index is 0.0549. The van der Waals surface area contributed by atoms with Crippen LogP contribution in [0.25, 0.3) is 0 Å². The second kappa shape index (κ2) is 13.0. The lowest BCUT2D eigenvalue weighted by Crippen LogP contribution is -2.34. The van der Waals surface area contributed by atoms with Crippen LogP contribution in [0, 0.1) is 0 Å². The first kappa shape index (κ1) is 29.6. The van der Waals surface area contributed by atoms with Crippen molar-refractivity contribution in [2.75, 3.05) is 25.1 Å². The molecular formula is C33H38N4O4S2. The normalized spacial score (nSPS) is 17.3. The minimum Gasteiger partial charge on any atom is -0.497 e. The highest BCUT2D eigenvalue weighted by molar-refractivity contribution is 7.93. The number of hydrogen-bond donors (Lipinski definition) is 0. The molecule has 0 saturated carbocycles. The Hall–Kier alpha value is -3.47. The molecule has 43 heavy (non-hydrogen) atoms. The molecule has 1 aliphatic carbocycles. The largest absolute Gasteiger partial charge is 0.497 e. The molecule has 4 aromatic rings. The zero-order chi connectivity index (χ0) is 29.8. The Morgan fingerprint density at radius 2 is 1.79 bits per heavy atom. The van der Waals surface area contributed by atoms with Crippen molar-refractivity contribution in [3.05, 3.63) is 94.8 Å². The Bertz CT molecular complexity index is 1650. The second-order valence-electron chi connectivity index (χ2n) is 11.2. The van der Waals surface area contributed by atoms with Crippen molar-refractivity contribution in [1.29, 1.82) is 0 Å². The molecule has 1 atom stereocenters. The Balaban J connectivity index is 1.39. The molecular weight excluding hydrogens is 581 g/mol. The number of sulfonamides is 1. The first-order valence-corrected chi connectivity index (χ1v) is 17.1. The zero-order valence-corrected chi connectivity index (χ0v) is 26.4. The lowest BCUT2D eigenvalue weighted by Gasteiger charge is -2.37. The van der Waals surface area contributed by atoms with Gasteiger partial charge >= 0.3 is 0 Å². The van der Waals surface area contributed by atoms with Gasteiger partial charge in [-0.1, -0.05) is 36.8 Å². The van der Waals surface area contributed by atoms with Gasteiger partial charge < -0.3 is 9.47 Å². The van der Waals surface area contributed by atoms with Gasteiger partial charge in [0.15, 0.2) is 0 Å². The molecule has 1 saturated heterocycles. The van der Waals surface area contributed by atoms with Crippen molar-refractivity contribution in [2.24, 2.45) is 0 Å². The standard InChI is InChI=1S/C33H38N4O4S2/c1-40-28-16-15-26(32(20-28)41-2)22-37(33-34-23-35-42-33)43(38,39)29-18-25-12-6-7-13-30(25)27(19-29)21-36-17-9-8-14-31(36)24-10-4-3-5-11-24/h3-5,10-11,15-16,18-20,23,31H,6-9,12-14,17,21-22H2,1-2H3/t31-/m1/s1. The summed E-state index contributed by atoms with van der Waals surface area (Å²) in [6.45, 7) is 1.79. The summed E-state index contributed by atoms with van der Waals surface area (Å²) in [5.74, 6) is 1.18. The number of aryl methyl sites for hydroxylation is 1. The maximum Gasteiger partial charge on any atom is 0.266 e. The van der Waals surface area contributed by atoms with E-state index in [0.29, 0.717) is 33.1 Å². The summed E-state index contributed by atoms with van der Waals surface area (Å²) in [4.78, 5) is 7.17. The van der Waals surface area contributed by atoms with Gasteiger partial charge in [0, 0.05) is 35.7 Å². The van der Waals surface area contributed by atoms with Gasteiger partial charge in [-0.3, -0.25) is 4.90 Å². The van der Waals surface area contributed by atoms with E-state index in [-0.39, 0.29) is 6.54 Å². The van der Waals surface area contributed by atoms with Crippen molar-refractivity contribution in [2.45, 2.75) is 69.0 Å². The maximum absolute atomic E-state index is 14.6. The molecule has 1 aliphatic heterocycles. The molecule has 0 amide bonds. The third-order valence-electron chi connectivity index (χ3n) is 8.66. The Kier molecular flexibility index (Phi) is 8.97. The van der Waals surface area contributed by atoms with E-state index in [9.17, 15) is 8.42 Å². The van der Waals surface area contributed by atoms with Gasteiger partial charge in [0.25, 0.3) is 10.0 Å². The first-order chi connectivity index (χ1) is 21.0. The maximum atomic E-state index is 14.6. The molecule has 6 rings (SSSR count). The molecule has 0 spiro atoms. The fourth-order valence-corrected chi connectivity index (χ4v) is 8.70. The quantitative estimate of drug-likeness (QED) is 0.199. The number of ether oxygens (including phenoxy) is 2. The smallest absolute Gasteiger partial charge is 0.266 e. The van der Waals surface area contributed by atoms with Crippen LogP contribution < -0.4 is 13.8 Å². The van der Waals surface area contributed by atoms with Crippen LogP contribution in [0.5, 0.6) is 11.5 Å². The van der Waals surface area contributed by atoms with Crippen LogP contribution in [0.1, 0.15) is 66.0 Å².